The summed E-state index contributed by atoms with van der Waals surface area (Å²) in [4.78, 5) is 0. The normalized spacial score (nSPS) is 9.55. The number of unbranched alkanes of at least 4 members (excludes halogenated alkanes) is 1. The zero-order valence-electron chi connectivity index (χ0n) is 6.72. The van der Waals surface area contributed by atoms with Crippen LogP contribution in [0.3, 0.4) is 0 Å². The van der Waals surface area contributed by atoms with Crippen molar-refractivity contribution in [1.29, 1.82) is 0 Å². The minimum Gasteiger partial charge on any atom is -0.499 e. The van der Waals surface area contributed by atoms with Crippen molar-refractivity contribution in [1.82, 2.24) is 0 Å². The van der Waals surface area contributed by atoms with Crippen LogP contribution >= 0.6 is 0 Å². The first-order chi connectivity index (χ1) is 5.41. The average Bonchev–Trinajstić information content (AvgIpc) is 2.03. The van der Waals surface area contributed by atoms with Gasteiger partial charge in [-0.3, -0.25) is 4.39 Å². The third-order valence-corrected chi connectivity index (χ3v) is 1.14. The fourth-order valence-electron chi connectivity index (χ4n) is 0.591. The van der Waals surface area contributed by atoms with Gasteiger partial charge in [0.15, 0.2) is 0 Å². The average molecular weight is 162 g/mol. The van der Waals surface area contributed by atoms with E-state index in [1.807, 2.05) is 0 Å². The van der Waals surface area contributed by atoms with Gasteiger partial charge in [-0.1, -0.05) is 6.58 Å². The van der Waals surface area contributed by atoms with Gasteiger partial charge in [0.2, 0.25) is 0 Å². The SMILES string of the molecule is C=COCCOCCCCF. The predicted molar refractivity (Wildman–Crippen MR) is 42.2 cm³/mol. The van der Waals surface area contributed by atoms with Crippen LogP contribution < -0.4 is 0 Å². The monoisotopic (exact) mass is 162 g/mol. The third-order valence-electron chi connectivity index (χ3n) is 1.14. The van der Waals surface area contributed by atoms with E-state index in [1.54, 1.807) is 0 Å². The third kappa shape index (κ3) is 9.43. The summed E-state index contributed by atoms with van der Waals surface area (Å²) in [5.41, 5.74) is 0. The lowest BCUT2D eigenvalue weighted by atomic mass is 10.3. The van der Waals surface area contributed by atoms with E-state index in [0.717, 1.165) is 6.42 Å². The largest absolute Gasteiger partial charge is 0.499 e. The Morgan fingerprint density at radius 3 is 2.64 bits per heavy atom. The van der Waals surface area contributed by atoms with Crippen molar-refractivity contribution < 1.29 is 13.9 Å². The number of ether oxygens (including phenoxy) is 2. The van der Waals surface area contributed by atoms with Gasteiger partial charge in [-0.2, -0.15) is 0 Å². The lowest BCUT2D eigenvalue weighted by molar-refractivity contribution is 0.0821. The van der Waals surface area contributed by atoms with Gasteiger partial charge in [0, 0.05) is 6.61 Å². The van der Waals surface area contributed by atoms with Crippen LogP contribution in [0.25, 0.3) is 0 Å². The number of rotatable bonds is 8. The molecule has 11 heavy (non-hydrogen) atoms. The number of hydrogen-bond donors (Lipinski definition) is 0. The maximum atomic E-state index is 11.5. The van der Waals surface area contributed by atoms with E-state index in [4.69, 9.17) is 9.47 Å². The Balaban J connectivity index is 2.74. The summed E-state index contributed by atoms with van der Waals surface area (Å²) in [7, 11) is 0. The Kier molecular flexibility index (Phi) is 8.94. The van der Waals surface area contributed by atoms with Crippen LogP contribution in [0.4, 0.5) is 4.39 Å². The molecule has 0 aromatic carbocycles. The molecule has 2 nitrogen and oxygen atoms in total. The molecule has 0 saturated heterocycles. The van der Waals surface area contributed by atoms with Crippen LogP contribution in [-0.4, -0.2) is 26.5 Å². The number of hydrogen-bond acceptors (Lipinski definition) is 2. The number of alkyl halides is 1. The molecule has 0 amide bonds. The van der Waals surface area contributed by atoms with Gasteiger partial charge >= 0.3 is 0 Å². The quantitative estimate of drug-likeness (QED) is 0.401. The summed E-state index contributed by atoms with van der Waals surface area (Å²) in [6, 6.07) is 0. The molecular weight excluding hydrogens is 147 g/mol. The number of halogens is 1. The van der Waals surface area contributed by atoms with Crippen molar-refractivity contribution >= 4 is 0 Å². The lowest BCUT2D eigenvalue weighted by Gasteiger charge is -2.01. The smallest absolute Gasteiger partial charge is 0.111 e. The maximum Gasteiger partial charge on any atom is 0.111 e. The molecule has 0 aromatic rings. The Morgan fingerprint density at radius 2 is 2.00 bits per heavy atom. The summed E-state index contributed by atoms with van der Waals surface area (Å²) in [5.74, 6) is 0. The summed E-state index contributed by atoms with van der Waals surface area (Å²) in [5, 5.41) is 0. The van der Waals surface area contributed by atoms with Gasteiger partial charge in [0.1, 0.15) is 6.61 Å². The zero-order valence-corrected chi connectivity index (χ0v) is 6.72. The summed E-state index contributed by atoms with van der Waals surface area (Å²) >= 11 is 0. The molecule has 0 N–H and O–H groups in total. The van der Waals surface area contributed by atoms with E-state index in [2.05, 4.69) is 6.58 Å². The zero-order chi connectivity index (χ0) is 8.36. The Labute approximate surface area is 67.0 Å². The fraction of sp³-hybridized carbons (Fsp3) is 0.750. The molecule has 0 aliphatic carbocycles. The van der Waals surface area contributed by atoms with Gasteiger partial charge in [-0.25, -0.2) is 0 Å². The molecule has 0 atom stereocenters. The first-order valence-electron chi connectivity index (χ1n) is 3.78. The standard InChI is InChI=1S/C8H15FO2/c1-2-10-7-8-11-6-4-3-5-9/h2H,1,3-8H2. The Hall–Kier alpha value is -0.570. The first kappa shape index (κ1) is 10.4. The van der Waals surface area contributed by atoms with Crippen LogP contribution in [0.15, 0.2) is 12.8 Å². The molecule has 66 valence electrons. The van der Waals surface area contributed by atoms with Crippen LogP contribution in [0.2, 0.25) is 0 Å². The summed E-state index contributed by atoms with van der Waals surface area (Å²) < 4.78 is 21.4. The maximum absolute atomic E-state index is 11.5. The second kappa shape index (κ2) is 9.43. The minimum atomic E-state index is -0.257. The van der Waals surface area contributed by atoms with Crippen LogP contribution in [0.5, 0.6) is 0 Å². The van der Waals surface area contributed by atoms with Crippen molar-refractivity contribution in [3.05, 3.63) is 12.8 Å². The van der Waals surface area contributed by atoms with Crippen molar-refractivity contribution in [3.63, 3.8) is 0 Å². The fourth-order valence-corrected chi connectivity index (χ4v) is 0.591. The summed E-state index contributed by atoms with van der Waals surface area (Å²) in [6.45, 7) is 4.82. The van der Waals surface area contributed by atoms with E-state index >= 15 is 0 Å². The highest BCUT2D eigenvalue weighted by Gasteiger charge is 1.88. The molecule has 0 fully saturated rings. The topological polar surface area (TPSA) is 18.5 Å². The van der Waals surface area contributed by atoms with Crippen molar-refractivity contribution in [2.45, 2.75) is 12.8 Å². The molecule has 0 heterocycles. The molecule has 0 spiro atoms. The van der Waals surface area contributed by atoms with Crippen molar-refractivity contribution in [3.8, 4) is 0 Å². The second-order valence-electron chi connectivity index (χ2n) is 2.05. The lowest BCUT2D eigenvalue weighted by Crippen LogP contribution is -2.02. The highest BCUT2D eigenvalue weighted by Crippen LogP contribution is 1.90. The van der Waals surface area contributed by atoms with Gasteiger partial charge in [-0.15, -0.1) is 0 Å². The van der Waals surface area contributed by atoms with Gasteiger partial charge in [-0.05, 0) is 12.8 Å². The Morgan fingerprint density at radius 1 is 1.18 bits per heavy atom. The van der Waals surface area contributed by atoms with Crippen LogP contribution in [0.1, 0.15) is 12.8 Å². The molecule has 0 aliphatic heterocycles. The molecule has 0 aromatic heterocycles. The summed E-state index contributed by atoms with van der Waals surface area (Å²) in [6.07, 6.45) is 2.75. The molecular formula is C8H15FO2. The van der Waals surface area contributed by atoms with Crippen molar-refractivity contribution in [2.75, 3.05) is 26.5 Å². The molecule has 0 radical (unpaired) electrons. The van der Waals surface area contributed by atoms with E-state index in [9.17, 15) is 4.39 Å². The predicted octanol–water partition coefficient (Wildman–Crippen LogP) is 1.91. The molecule has 0 bridgehead atoms. The molecule has 0 saturated carbocycles. The Bertz CT molecular complexity index is 86.2. The van der Waals surface area contributed by atoms with E-state index in [-0.39, 0.29) is 6.67 Å². The van der Waals surface area contributed by atoms with E-state index < -0.39 is 0 Å². The van der Waals surface area contributed by atoms with Crippen LogP contribution in [0, 0.1) is 0 Å². The van der Waals surface area contributed by atoms with Gasteiger partial charge < -0.3 is 9.47 Å². The second-order valence-corrected chi connectivity index (χ2v) is 2.05. The highest BCUT2D eigenvalue weighted by atomic mass is 19.1. The highest BCUT2D eigenvalue weighted by molar-refractivity contribution is 4.47. The molecule has 0 unspecified atom stereocenters. The van der Waals surface area contributed by atoms with Crippen LogP contribution in [-0.2, 0) is 9.47 Å². The van der Waals surface area contributed by atoms with E-state index in [0.29, 0.717) is 26.2 Å². The molecule has 0 rings (SSSR count). The van der Waals surface area contributed by atoms with Crippen molar-refractivity contribution in [2.24, 2.45) is 0 Å². The van der Waals surface area contributed by atoms with Gasteiger partial charge in [0.05, 0.1) is 19.5 Å². The van der Waals surface area contributed by atoms with Gasteiger partial charge in [0.25, 0.3) is 0 Å². The molecule has 0 aliphatic rings. The minimum absolute atomic E-state index is 0.257. The van der Waals surface area contributed by atoms with E-state index in [1.165, 1.54) is 6.26 Å². The molecule has 3 heteroatoms. The first-order valence-corrected chi connectivity index (χ1v) is 3.78.